The number of fused-ring (bicyclic) bond motifs is 3. The maximum Gasteiger partial charge on any atom is 0.407 e. The number of aliphatic carboxylic acids is 1. The lowest BCUT2D eigenvalue weighted by Gasteiger charge is -2.31. The van der Waals surface area contributed by atoms with Gasteiger partial charge < -0.3 is 20.1 Å². The van der Waals surface area contributed by atoms with E-state index in [0.717, 1.165) is 11.1 Å². The molecule has 2 aliphatic rings. The number of likely N-dealkylation sites (tertiary alicyclic amines) is 1. The van der Waals surface area contributed by atoms with Crippen molar-refractivity contribution >= 4 is 18.0 Å². The molecule has 1 unspecified atom stereocenters. The summed E-state index contributed by atoms with van der Waals surface area (Å²) in [6, 6.07) is 16.4. The van der Waals surface area contributed by atoms with E-state index in [9.17, 15) is 14.4 Å². The number of carbonyl (C=O) groups is 3. The van der Waals surface area contributed by atoms with Crippen LogP contribution in [0.5, 0.6) is 0 Å². The van der Waals surface area contributed by atoms with Crippen LogP contribution in [-0.4, -0.2) is 54.2 Å². The highest BCUT2D eigenvalue weighted by molar-refractivity contribution is 5.79. The smallest absolute Gasteiger partial charge is 0.407 e. The first-order valence-corrected chi connectivity index (χ1v) is 11.5. The number of nitrogens with zero attached hydrogens (tertiary/aromatic N) is 1. The molecule has 2 N–H and O–H groups in total. The van der Waals surface area contributed by atoms with Crippen molar-refractivity contribution in [1.82, 2.24) is 10.2 Å². The van der Waals surface area contributed by atoms with Crippen LogP contribution < -0.4 is 5.32 Å². The molecule has 0 saturated carbocycles. The molecule has 0 radical (unpaired) electrons. The number of ether oxygens (including phenoxy) is 1. The lowest BCUT2D eigenvalue weighted by atomic mass is 9.96. The topological polar surface area (TPSA) is 95.9 Å². The van der Waals surface area contributed by atoms with Crippen molar-refractivity contribution in [3.8, 4) is 11.1 Å². The van der Waals surface area contributed by atoms with Crippen molar-refractivity contribution in [3.05, 3.63) is 59.7 Å². The normalized spacial score (nSPS) is 16.6. The fourth-order valence-corrected chi connectivity index (χ4v) is 4.78. The van der Waals surface area contributed by atoms with E-state index in [1.165, 1.54) is 11.1 Å². The number of rotatable bonds is 7. The molecule has 0 aromatic heterocycles. The van der Waals surface area contributed by atoms with E-state index in [1.807, 2.05) is 31.2 Å². The van der Waals surface area contributed by atoms with Gasteiger partial charge in [-0.15, -0.1) is 0 Å². The lowest BCUT2D eigenvalue weighted by Crippen LogP contribution is -2.41. The maximum atomic E-state index is 12.5. The molecular weight excluding hydrogens is 420 g/mol. The molecular formula is C26H30N2O5. The Hall–Kier alpha value is -3.35. The quantitative estimate of drug-likeness (QED) is 0.668. The van der Waals surface area contributed by atoms with Gasteiger partial charge in [-0.3, -0.25) is 9.59 Å². The van der Waals surface area contributed by atoms with E-state index < -0.39 is 12.1 Å². The molecule has 174 valence electrons. The van der Waals surface area contributed by atoms with E-state index in [4.69, 9.17) is 9.84 Å². The van der Waals surface area contributed by atoms with Crippen molar-refractivity contribution in [2.75, 3.05) is 26.2 Å². The third kappa shape index (κ3) is 5.18. The van der Waals surface area contributed by atoms with Crippen LogP contribution in [0.3, 0.4) is 0 Å². The highest BCUT2D eigenvalue weighted by Gasteiger charge is 2.29. The Morgan fingerprint density at radius 2 is 1.61 bits per heavy atom. The van der Waals surface area contributed by atoms with Crippen LogP contribution >= 0.6 is 0 Å². The predicted molar refractivity (Wildman–Crippen MR) is 124 cm³/mol. The van der Waals surface area contributed by atoms with Gasteiger partial charge >= 0.3 is 12.1 Å². The molecule has 4 rings (SSSR count). The van der Waals surface area contributed by atoms with E-state index in [-0.39, 0.29) is 30.3 Å². The summed E-state index contributed by atoms with van der Waals surface area (Å²) in [5, 5.41) is 11.9. The molecule has 7 nitrogen and oxygen atoms in total. The molecule has 7 heteroatoms. The van der Waals surface area contributed by atoms with Gasteiger partial charge in [0.2, 0.25) is 5.91 Å². The zero-order valence-electron chi connectivity index (χ0n) is 18.8. The predicted octanol–water partition coefficient (Wildman–Crippen LogP) is 3.87. The third-order valence-electron chi connectivity index (χ3n) is 6.66. The first kappa shape index (κ1) is 22.8. The average molecular weight is 451 g/mol. The minimum absolute atomic E-state index is 0.000626. The average Bonchev–Trinajstić information content (AvgIpc) is 3.15. The SMILES string of the molecule is CC(CNC(=O)OCC1c2ccccc2-c2ccccc21)CC(=O)N1CCC(C(=O)O)CC1. The van der Waals surface area contributed by atoms with Gasteiger partial charge in [-0.25, -0.2) is 4.79 Å². The van der Waals surface area contributed by atoms with Crippen molar-refractivity contribution in [2.45, 2.75) is 32.1 Å². The molecule has 1 saturated heterocycles. The first-order valence-electron chi connectivity index (χ1n) is 11.5. The minimum Gasteiger partial charge on any atom is -0.481 e. The van der Waals surface area contributed by atoms with Crippen molar-refractivity contribution < 1.29 is 24.2 Å². The van der Waals surface area contributed by atoms with Gasteiger partial charge in [-0.2, -0.15) is 0 Å². The summed E-state index contributed by atoms with van der Waals surface area (Å²) < 4.78 is 5.54. The van der Waals surface area contributed by atoms with E-state index in [0.29, 0.717) is 38.9 Å². The monoisotopic (exact) mass is 450 g/mol. The molecule has 2 aromatic rings. The summed E-state index contributed by atoms with van der Waals surface area (Å²) >= 11 is 0. The van der Waals surface area contributed by atoms with Crippen LogP contribution in [0, 0.1) is 11.8 Å². The largest absolute Gasteiger partial charge is 0.481 e. The Labute approximate surface area is 193 Å². The number of alkyl carbamates (subject to hydrolysis) is 1. The summed E-state index contributed by atoms with van der Waals surface area (Å²) in [5.41, 5.74) is 4.69. The van der Waals surface area contributed by atoms with Gasteiger partial charge in [-0.05, 0) is 41.0 Å². The number of nitrogens with one attached hydrogen (secondary N) is 1. The summed E-state index contributed by atoms with van der Waals surface area (Å²) in [5.74, 6) is -1.18. The van der Waals surface area contributed by atoms with E-state index in [1.54, 1.807) is 4.90 Å². The van der Waals surface area contributed by atoms with Crippen LogP contribution in [0.4, 0.5) is 4.79 Å². The third-order valence-corrected chi connectivity index (χ3v) is 6.66. The molecule has 1 heterocycles. The molecule has 0 bridgehead atoms. The van der Waals surface area contributed by atoms with Crippen LogP contribution in [0.15, 0.2) is 48.5 Å². The second-order valence-corrected chi connectivity index (χ2v) is 9.01. The van der Waals surface area contributed by atoms with E-state index in [2.05, 4.69) is 29.6 Å². The highest BCUT2D eigenvalue weighted by atomic mass is 16.5. The van der Waals surface area contributed by atoms with Crippen LogP contribution in [0.25, 0.3) is 11.1 Å². The number of carboxylic acids is 1. The molecule has 1 aliphatic heterocycles. The number of carboxylic acid groups (broad SMARTS) is 1. The number of hydrogen-bond donors (Lipinski definition) is 2. The first-order chi connectivity index (χ1) is 15.9. The number of amides is 2. The van der Waals surface area contributed by atoms with Crippen LogP contribution in [0.1, 0.15) is 43.2 Å². The number of benzene rings is 2. The Kier molecular flexibility index (Phi) is 6.96. The number of piperidine rings is 1. The standard InChI is InChI=1S/C26H30N2O5/c1-17(14-24(29)28-12-10-18(11-13-28)25(30)31)15-27-26(32)33-16-23-21-8-4-2-6-19(21)20-7-3-5-9-22(20)23/h2-9,17-18,23H,10-16H2,1H3,(H,27,32)(H,30,31). The Balaban J connectivity index is 1.22. The molecule has 0 spiro atoms. The molecule has 33 heavy (non-hydrogen) atoms. The Bertz CT molecular complexity index is 983. The number of carbonyl (C=O) groups excluding carboxylic acids is 2. The second-order valence-electron chi connectivity index (χ2n) is 9.01. The van der Waals surface area contributed by atoms with Crippen LogP contribution in [-0.2, 0) is 14.3 Å². The van der Waals surface area contributed by atoms with Crippen molar-refractivity contribution in [2.24, 2.45) is 11.8 Å². The van der Waals surface area contributed by atoms with E-state index >= 15 is 0 Å². The zero-order chi connectivity index (χ0) is 23.4. The molecule has 2 aromatic carbocycles. The van der Waals surface area contributed by atoms with Gasteiger partial charge in [0.25, 0.3) is 0 Å². The number of hydrogen-bond acceptors (Lipinski definition) is 4. The highest BCUT2D eigenvalue weighted by Crippen LogP contribution is 2.44. The van der Waals surface area contributed by atoms with Gasteiger partial charge in [0.1, 0.15) is 6.61 Å². The Morgan fingerprint density at radius 1 is 1.03 bits per heavy atom. The van der Waals surface area contributed by atoms with Crippen molar-refractivity contribution in [3.63, 3.8) is 0 Å². The fourth-order valence-electron chi connectivity index (χ4n) is 4.78. The molecule has 1 aliphatic carbocycles. The van der Waals surface area contributed by atoms with Crippen LogP contribution in [0.2, 0.25) is 0 Å². The fraction of sp³-hybridized carbons (Fsp3) is 0.423. The molecule has 1 fully saturated rings. The maximum absolute atomic E-state index is 12.5. The zero-order valence-corrected chi connectivity index (χ0v) is 18.8. The van der Waals surface area contributed by atoms with Gasteiger partial charge in [0.15, 0.2) is 0 Å². The van der Waals surface area contributed by atoms with Gasteiger partial charge in [0.05, 0.1) is 5.92 Å². The Morgan fingerprint density at radius 3 is 2.18 bits per heavy atom. The summed E-state index contributed by atoms with van der Waals surface area (Å²) in [7, 11) is 0. The van der Waals surface area contributed by atoms with Gasteiger partial charge in [-0.1, -0.05) is 55.5 Å². The summed E-state index contributed by atoms with van der Waals surface area (Å²) in [6.45, 7) is 3.45. The summed E-state index contributed by atoms with van der Waals surface area (Å²) in [4.78, 5) is 37.6. The lowest BCUT2D eigenvalue weighted by molar-refractivity contribution is -0.145. The molecule has 2 amide bonds. The van der Waals surface area contributed by atoms with Gasteiger partial charge in [0, 0.05) is 32.0 Å². The molecule has 1 atom stereocenters. The van der Waals surface area contributed by atoms with Crippen molar-refractivity contribution in [1.29, 1.82) is 0 Å². The summed E-state index contributed by atoms with van der Waals surface area (Å²) in [6.07, 6.45) is 0.806. The minimum atomic E-state index is -0.789. The second kappa shape index (κ2) is 10.1.